The van der Waals surface area contributed by atoms with E-state index < -0.39 is 43.5 Å². The second-order valence-corrected chi connectivity index (χ2v) is 11.0. The van der Waals surface area contributed by atoms with Gasteiger partial charge in [0.25, 0.3) is 5.69 Å². The Balaban J connectivity index is 2.86. The van der Waals surface area contributed by atoms with Crippen molar-refractivity contribution < 1.29 is 27.4 Å². The minimum absolute atomic E-state index is 0.108. The van der Waals surface area contributed by atoms with E-state index in [1.54, 1.807) is 20.8 Å². The third-order valence-electron chi connectivity index (χ3n) is 5.42. The zero-order valence-electron chi connectivity index (χ0n) is 18.0. The maximum Gasteiger partial charge on any atom is 0.379 e. The van der Waals surface area contributed by atoms with E-state index in [-0.39, 0.29) is 30.7 Å². The number of nitro groups is 1. The van der Waals surface area contributed by atoms with E-state index in [1.807, 2.05) is 13.8 Å². The molecule has 1 aromatic rings. The molecule has 10 heteroatoms. The quantitative estimate of drug-likeness (QED) is 0.403. The van der Waals surface area contributed by atoms with Crippen LogP contribution < -0.4 is 4.72 Å². The fourth-order valence-electron chi connectivity index (χ4n) is 3.56. The van der Waals surface area contributed by atoms with Gasteiger partial charge in [-0.05, 0) is 57.1 Å². The summed E-state index contributed by atoms with van der Waals surface area (Å²) in [7, 11) is -2.00. The number of halogens is 2. The van der Waals surface area contributed by atoms with E-state index >= 15 is 8.78 Å². The number of alkyl halides is 2. The van der Waals surface area contributed by atoms with Crippen molar-refractivity contribution in [2.75, 3.05) is 6.61 Å². The van der Waals surface area contributed by atoms with Gasteiger partial charge < -0.3 is 4.74 Å². The Labute approximate surface area is 177 Å². The smallest absolute Gasteiger partial charge is 0.379 e. The van der Waals surface area contributed by atoms with Gasteiger partial charge in [-0.25, -0.2) is 13.7 Å². The number of benzene rings is 1. The fraction of sp³-hybridized carbons (Fsp3) is 0.650. The van der Waals surface area contributed by atoms with Crippen LogP contribution in [0.25, 0.3) is 0 Å². The van der Waals surface area contributed by atoms with Crippen LogP contribution in [0.4, 0.5) is 14.5 Å². The standard InChI is InChI=1S/C20H28F2N2O5S/c1-7-29-16(25)20(21,22)19(23-30(28)17(2,3)4)11-10-18(5,6)14-9-8-13(24(26)27)12-15(14)19/h8-9,12,23H,7,10-11H2,1-6H3/t19-,30?/m1/s1. The highest BCUT2D eigenvalue weighted by Gasteiger charge is 2.65. The average Bonchev–Trinajstić information content (AvgIpc) is 2.63. The molecule has 0 saturated carbocycles. The van der Waals surface area contributed by atoms with E-state index in [0.29, 0.717) is 5.56 Å². The summed E-state index contributed by atoms with van der Waals surface area (Å²) in [6.45, 7) is 9.63. The van der Waals surface area contributed by atoms with Crippen molar-refractivity contribution in [1.29, 1.82) is 0 Å². The average molecular weight is 447 g/mol. The molecule has 0 bridgehead atoms. The Kier molecular flexibility index (Phi) is 6.45. The number of non-ortho nitro benzene ring substituents is 1. The normalized spacial score (nSPS) is 22.1. The number of fused-ring (bicyclic) bond motifs is 1. The highest BCUT2D eigenvalue weighted by Crippen LogP contribution is 2.53. The number of nitrogens with zero attached hydrogens (tertiary/aromatic N) is 1. The van der Waals surface area contributed by atoms with Gasteiger partial charge in [-0.3, -0.25) is 10.1 Å². The summed E-state index contributed by atoms with van der Waals surface area (Å²) in [5, 5.41) is 11.4. The molecule has 1 aromatic carbocycles. The molecule has 0 radical (unpaired) electrons. The first-order chi connectivity index (χ1) is 13.6. The lowest BCUT2D eigenvalue weighted by Gasteiger charge is -2.48. The zero-order chi connectivity index (χ0) is 23.1. The van der Waals surface area contributed by atoms with Gasteiger partial charge >= 0.3 is 11.9 Å². The van der Waals surface area contributed by atoms with Crippen molar-refractivity contribution in [1.82, 2.24) is 4.72 Å². The first kappa shape index (κ1) is 24.3. The minimum Gasteiger partial charge on any atom is -0.461 e. The molecule has 0 aromatic heterocycles. The number of ether oxygens (including phenoxy) is 1. The molecule has 0 heterocycles. The van der Waals surface area contributed by atoms with Gasteiger partial charge in [0.2, 0.25) is 0 Å². The van der Waals surface area contributed by atoms with Crippen LogP contribution in [0.1, 0.15) is 65.5 Å². The van der Waals surface area contributed by atoms with Gasteiger partial charge in [0.15, 0.2) is 0 Å². The molecule has 1 aliphatic rings. The van der Waals surface area contributed by atoms with Crippen LogP contribution in [0.3, 0.4) is 0 Å². The molecule has 0 fully saturated rings. The topological polar surface area (TPSA) is 98.5 Å². The number of rotatable bonds is 6. The van der Waals surface area contributed by atoms with Gasteiger partial charge in [0, 0.05) is 12.1 Å². The molecule has 2 atom stereocenters. The largest absolute Gasteiger partial charge is 0.461 e. The van der Waals surface area contributed by atoms with Crippen LogP contribution in [0.15, 0.2) is 18.2 Å². The molecule has 0 saturated heterocycles. The zero-order valence-corrected chi connectivity index (χ0v) is 18.8. The molecule has 1 unspecified atom stereocenters. The highest BCUT2D eigenvalue weighted by atomic mass is 32.2. The van der Waals surface area contributed by atoms with Gasteiger partial charge in [-0.1, -0.05) is 19.9 Å². The Morgan fingerprint density at radius 3 is 2.37 bits per heavy atom. The van der Waals surface area contributed by atoms with Crippen LogP contribution in [0.2, 0.25) is 0 Å². The molecular weight excluding hydrogens is 418 g/mol. The summed E-state index contributed by atoms with van der Waals surface area (Å²) < 4.78 is 50.6. The molecule has 1 N–H and O–H groups in total. The summed E-state index contributed by atoms with van der Waals surface area (Å²) in [6.07, 6.45) is -0.0249. The van der Waals surface area contributed by atoms with E-state index in [9.17, 15) is 19.1 Å². The number of hydrogen-bond acceptors (Lipinski definition) is 5. The second-order valence-electron chi connectivity index (χ2n) is 9.05. The summed E-state index contributed by atoms with van der Waals surface area (Å²) in [5.41, 5.74) is -3.07. The van der Waals surface area contributed by atoms with E-state index in [1.165, 1.54) is 19.1 Å². The molecule has 7 nitrogen and oxygen atoms in total. The fourth-order valence-corrected chi connectivity index (χ4v) is 4.52. The summed E-state index contributed by atoms with van der Waals surface area (Å²) in [5.74, 6) is -5.88. The Bertz CT molecular complexity index is 882. The number of hydrogen-bond donors (Lipinski definition) is 1. The monoisotopic (exact) mass is 446 g/mol. The van der Waals surface area contributed by atoms with Crippen molar-refractivity contribution >= 4 is 22.6 Å². The summed E-state index contributed by atoms with van der Waals surface area (Å²) in [6, 6.07) is 3.74. The number of esters is 1. The summed E-state index contributed by atoms with van der Waals surface area (Å²) >= 11 is 0. The molecule has 1 aliphatic carbocycles. The van der Waals surface area contributed by atoms with Crippen LogP contribution >= 0.6 is 0 Å². The number of nitrogens with one attached hydrogen (secondary N) is 1. The van der Waals surface area contributed by atoms with Crippen molar-refractivity contribution in [2.45, 2.75) is 76.0 Å². The maximum atomic E-state index is 15.7. The molecule has 168 valence electrons. The number of carbonyl (C=O) groups is 1. The number of carbonyl (C=O) groups excluding carboxylic acids is 1. The third kappa shape index (κ3) is 4.12. The molecule has 30 heavy (non-hydrogen) atoms. The predicted octanol–water partition coefficient (Wildman–Crippen LogP) is 4.11. The van der Waals surface area contributed by atoms with Crippen LogP contribution in [-0.2, 0) is 31.5 Å². The lowest BCUT2D eigenvalue weighted by Crippen LogP contribution is -2.64. The van der Waals surface area contributed by atoms with Gasteiger partial charge in [0.1, 0.15) is 5.54 Å². The maximum absolute atomic E-state index is 15.7. The van der Waals surface area contributed by atoms with Gasteiger partial charge in [-0.2, -0.15) is 8.78 Å². The molecule has 0 aliphatic heterocycles. The third-order valence-corrected chi connectivity index (χ3v) is 7.07. The van der Waals surface area contributed by atoms with Crippen LogP contribution in [0, 0.1) is 10.1 Å². The SMILES string of the molecule is CCOC(=O)C(F)(F)[C@@]1(NS(=O)C(C)(C)C)CCC(C)(C)c2ccc([N+](=O)[O-])cc21. The van der Waals surface area contributed by atoms with Gasteiger partial charge in [0.05, 0.1) is 27.3 Å². The Morgan fingerprint density at radius 2 is 1.87 bits per heavy atom. The predicted molar refractivity (Wildman–Crippen MR) is 110 cm³/mol. The minimum atomic E-state index is -4.12. The van der Waals surface area contributed by atoms with Crippen molar-refractivity contribution in [2.24, 2.45) is 0 Å². The molecule has 0 amide bonds. The molecule has 2 rings (SSSR count). The number of nitro benzene ring substituents is 1. The van der Waals surface area contributed by atoms with E-state index in [2.05, 4.69) is 9.46 Å². The molecule has 0 spiro atoms. The van der Waals surface area contributed by atoms with Crippen LogP contribution in [-0.4, -0.2) is 32.4 Å². The van der Waals surface area contributed by atoms with Crippen LogP contribution in [0.5, 0.6) is 0 Å². The van der Waals surface area contributed by atoms with Gasteiger partial charge in [-0.15, -0.1) is 0 Å². The Morgan fingerprint density at radius 1 is 1.27 bits per heavy atom. The van der Waals surface area contributed by atoms with Crippen molar-refractivity contribution in [3.63, 3.8) is 0 Å². The first-order valence-electron chi connectivity index (χ1n) is 9.64. The van der Waals surface area contributed by atoms with Crippen molar-refractivity contribution in [3.8, 4) is 0 Å². The lowest BCUT2D eigenvalue weighted by atomic mass is 9.63. The first-order valence-corrected chi connectivity index (χ1v) is 10.8. The highest BCUT2D eigenvalue weighted by molar-refractivity contribution is 7.84. The van der Waals surface area contributed by atoms with Crippen molar-refractivity contribution in [3.05, 3.63) is 39.4 Å². The lowest BCUT2D eigenvalue weighted by molar-refractivity contribution is -0.385. The molecular formula is C20H28F2N2O5S. The summed E-state index contributed by atoms with van der Waals surface area (Å²) in [4.78, 5) is 23.0. The Hall–Kier alpha value is -1.94. The second kappa shape index (κ2) is 7.96. The van der Waals surface area contributed by atoms with E-state index in [0.717, 1.165) is 6.07 Å². The van der Waals surface area contributed by atoms with E-state index in [4.69, 9.17) is 0 Å².